The smallest absolute Gasteiger partial charge is 0.309 e. The van der Waals surface area contributed by atoms with Crippen LogP contribution in [0.1, 0.15) is 19.4 Å². The number of halogens is 3. The average Bonchev–Trinajstić information content (AvgIpc) is 2.74. The van der Waals surface area contributed by atoms with Gasteiger partial charge < -0.3 is 4.90 Å². The van der Waals surface area contributed by atoms with Crippen molar-refractivity contribution in [3.05, 3.63) is 60.2 Å². The maximum Gasteiger partial charge on any atom is 0.416 e. The number of piperazine rings is 1. The fourth-order valence-electron chi connectivity index (χ4n) is 3.68. The molecule has 1 heterocycles. The SMILES string of the molecule is CC(C)N(C(=O)CN1CCN(S(=O)(=O)c2ccc(C(F)(F)F)cc2)CC1)c1ccccc1. The van der Waals surface area contributed by atoms with Gasteiger partial charge in [-0.25, -0.2) is 8.42 Å². The number of carbonyl (C=O) groups is 1. The predicted octanol–water partition coefficient (Wildman–Crippen LogP) is 3.45. The van der Waals surface area contributed by atoms with Crippen LogP contribution in [-0.4, -0.2) is 62.3 Å². The van der Waals surface area contributed by atoms with Crippen molar-refractivity contribution in [3.63, 3.8) is 0 Å². The van der Waals surface area contributed by atoms with Gasteiger partial charge in [-0.1, -0.05) is 18.2 Å². The number of rotatable bonds is 6. The van der Waals surface area contributed by atoms with Gasteiger partial charge in [-0.3, -0.25) is 9.69 Å². The van der Waals surface area contributed by atoms with Crippen LogP contribution in [0.15, 0.2) is 59.5 Å². The van der Waals surface area contributed by atoms with E-state index in [1.807, 2.05) is 49.1 Å². The summed E-state index contributed by atoms with van der Waals surface area (Å²) in [5.41, 5.74) is -0.0936. The molecule has 3 rings (SSSR count). The lowest BCUT2D eigenvalue weighted by Crippen LogP contribution is -2.52. The molecule has 0 bridgehead atoms. The first kappa shape index (κ1) is 24.2. The summed E-state index contributed by atoms with van der Waals surface area (Å²) in [6.07, 6.45) is -4.52. The van der Waals surface area contributed by atoms with Gasteiger partial charge in [-0.2, -0.15) is 17.5 Å². The van der Waals surface area contributed by atoms with Crippen molar-refractivity contribution in [2.45, 2.75) is 31.0 Å². The molecule has 0 radical (unpaired) electrons. The molecule has 0 atom stereocenters. The number of hydrogen-bond donors (Lipinski definition) is 0. The van der Waals surface area contributed by atoms with Gasteiger partial charge in [0.15, 0.2) is 0 Å². The Morgan fingerprint density at radius 2 is 1.53 bits per heavy atom. The van der Waals surface area contributed by atoms with Crippen LogP contribution < -0.4 is 4.90 Å². The fraction of sp³-hybridized carbons (Fsp3) is 0.409. The van der Waals surface area contributed by atoms with Crippen LogP contribution in [0.4, 0.5) is 18.9 Å². The van der Waals surface area contributed by atoms with Crippen LogP contribution in [0, 0.1) is 0 Å². The van der Waals surface area contributed by atoms with Gasteiger partial charge in [0, 0.05) is 37.9 Å². The lowest BCUT2D eigenvalue weighted by molar-refractivity contribution is -0.137. The number of anilines is 1. The van der Waals surface area contributed by atoms with Gasteiger partial charge in [0.2, 0.25) is 15.9 Å². The van der Waals surface area contributed by atoms with Crippen molar-refractivity contribution in [3.8, 4) is 0 Å². The highest BCUT2D eigenvalue weighted by molar-refractivity contribution is 7.89. The fourth-order valence-corrected chi connectivity index (χ4v) is 5.10. The number of amides is 1. The molecule has 0 N–H and O–H groups in total. The third-order valence-corrected chi connectivity index (χ3v) is 7.24. The van der Waals surface area contributed by atoms with Crippen molar-refractivity contribution in [1.82, 2.24) is 9.21 Å². The minimum absolute atomic E-state index is 0.0359. The van der Waals surface area contributed by atoms with E-state index in [1.165, 1.54) is 4.31 Å². The van der Waals surface area contributed by atoms with Gasteiger partial charge in [-0.05, 0) is 50.2 Å². The number of carbonyl (C=O) groups excluding carboxylic acids is 1. The monoisotopic (exact) mass is 469 g/mol. The molecule has 32 heavy (non-hydrogen) atoms. The molecule has 0 saturated carbocycles. The van der Waals surface area contributed by atoms with E-state index in [1.54, 1.807) is 4.90 Å². The highest BCUT2D eigenvalue weighted by Gasteiger charge is 2.33. The molecular weight excluding hydrogens is 443 g/mol. The molecule has 6 nitrogen and oxygen atoms in total. The van der Waals surface area contributed by atoms with Gasteiger partial charge >= 0.3 is 6.18 Å². The predicted molar refractivity (Wildman–Crippen MR) is 116 cm³/mol. The zero-order valence-electron chi connectivity index (χ0n) is 17.9. The number of sulfonamides is 1. The van der Waals surface area contributed by atoms with Crippen molar-refractivity contribution in [2.75, 3.05) is 37.6 Å². The zero-order chi connectivity index (χ0) is 23.5. The second kappa shape index (κ2) is 9.60. The highest BCUT2D eigenvalue weighted by atomic mass is 32.2. The molecule has 1 saturated heterocycles. The van der Waals surface area contributed by atoms with E-state index in [0.29, 0.717) is 13.1 Å². The van der Waals surface area contributed by atoms with E-state index in [2.05, 4.69) is 0 Å². The number of alkyl halides is 3. The first-order valence-electron chi connectivity index (χ1n) is 10.3. The van der Waals surface area contributed by atoms with E-state index in [9.17, 15) is 26.4 Å². The normalized spacial score (nSPS) is 16.3. The number of para-hydroxylation sites is 1. The van der Waals surface area contributed by atoms with Gasteiger partial charge in [0.25, 0.3) is 0 Å². The summed E-state index contributed by atoms with van der Waals surface area (Å²) in [6.45, 7) is 5.03. The summed E-state index contributed by atoms with van der Waals surface area (Å²) in [5, 5.41) is 0. The molecular formula is C22H26F3N3O3S. The van der Waals surface area contributed by atoms with Crippen molar-refractivity contribution < 1.29 is 26.4 Å². The Labute approximate surface area is 186 Å². The zero-order valence-corrected chi connectivity index (χ0v) is 18.7. The Balaban J connectivity index is 1.62. The molecule has 0 unspecified atom stereocenters. The minimum Gasteiger partial charge on any atom is -0.309 e. The highest BCUT2D eigenvalue weighted by Crippen LogP contribution is 2.30. The minimum atomic E-state index is -4.52. The van der Waals surface area contributed by atoms with E-state index in [-0.39, 0.29) is 36.5 Å². The summed E-state index contributed by atoms with van der Waals surface area (Å²) >= 11 is 0. The Morgan fingerprint density at radius 1 is 0.969 bits per heavy atom. The molecule has 0 spiro atoms. The van der Waals surface area contributed by atoms with Gasteiger partial charge in [0.05, 0.1) is 17.0 Å². The maximum absolute atomic E-state index is 12.9. The second-order valence-electron chi connectivity index (χ2n) is 7.90. The summed E-state index contributed by atoms with van der Waals surface area (Å²) in [5.74, 6) is -0.0785. The quantitative estimate of drug-likeness (QED) is 0.650. The molecule has 2 aromatic carbocycles. The van der Waals surface area contributed by atoms with Gasteiger partial charge in [-0.15, -0.1) is 0 Å². The summed E-state index contributed by atoms with van der Waals surface area (Å²) in [7, 11) is -3.90. The van der Waals surface area contributed by atoms with Crippen LogP contribution in [-0.2, 0) is 21.0 Å². The molecule has 0 aliphatic carbocycles. The van der Waals surface area contributed by atoms with Crippen molar-refractivity contribution in [2.24, 2.45) is 0 Å². The van der Waals surface area contributed by atoms with E-state index in [0.717, 1.165) is 30.0 Å². The average molecular weight is 470 g/mol. The van der Waals surface area contributed by atoms with Crippen LogP contribution in [0.25, 0.3) is 0 Å². The molecule has 1 aliphatic rings. The van der Waals surface area contributed by atoms with Gasteiger partial charge in [0.1, 0.15) is 0 Å². The molecule has 10 heteroatoms. The topological polar surface area (TPSA) is 60.9 Å². The molecule has 174 valence electrons. The van der Waals surface area contributed by atoms with Crippen LogP contribution in [0.5, 0.6) is 0 Å². The van der Waals surface area contributed by atoms with Crippen LogP contribution in [0.3, 0.4) is 0 Å². The Kier molecular flexibility index (Phi) is 7.26. The van der Waals surface area contributed by atoms with E-state index in [4.69, 9.17) is 0 Å². The third kappa shape index (κ3) is 5.48. The molecule has 1 amide bonds. The second-order valence-corrected chi connectivity index (χ2v) is 9.83. The maximum atomic E-state index is 12.9. The Bertz CT molecular complexity index is 1020. The van der Waals surface area contributed by atoms with Crippen molar-refractivity contribution in [1.29, 1.82) is 0 Å². The Morgan fingerprint density at radius 3 is 2.03 bits per heavy atom. The molecule has 1 aliphatic heterocycles. The number of hydrogen-bond acceptors (Lipinski definition) is 4. The largest absolute Gasteiger partial charge is 0.416 e. The summed E-state index contributed by atoms with van der Waals surface area (Å²) in [4.78, 5) is 16.4. The molecule has 1 fully saturated rings. The number of nitrogens with zero attached hydrogens (tertiary/aromatic N) is 3. The summed E-state index contributed by atoms with van der Waals surface area (Å²) < 4.78 is 65.1. The molecule has 2 aromatic rings. The van der Waals surface area contributed by atoms with Crippen LogP contribution >= 0.6 is 0 Å². The lowest BCUT2D eigenvalue weighted by Gasteiger charge is -2.35. The number of benzene rings is 2. The molecule has 0 aromatic heterocycles. The Hall–Kier alpha value is -2.43. The van der Waals surface area contributed by atoms with E-state index < -0.39 is 21.8 Å². The standard InChI is InChI=1S/C22H26F3N3O3S/c1-17(2)28(19-6-4-3-5-7-19)21(29)16-26-12-14-27(15-13-26)32(30,31)20-10-8-18(9-11-20)22(23,24)25/h3-11,17H,12-16H2,1-2H3. The van der Waals surface area contributed by atoms with E-state index >= 15 is 0 Å². The third-order valence-electron chi connectivity index (χ3n) is 5.33. The van der Waals surface area contributed by atoms with Crippen LogP contribution in [0.2, 0.25) is 0 Å². The summed E-state index contributed by atoms with van der Waals surface area (Å²) in [6, 6.07) is 12.8. The first-order chi connectivity index (χ1) is 15.0. The van der Waals surface area contributed by atoms with Crippen molar-refractivity contribution >= 4 is 21.6 Å². The first-order valence-corrected chi connectivity index (χ1v) is 11.7. The lowest BCUT2D eigenvalue weighted by atomic mass is 10.2.